The fourth-order valence-electron chi connectivity index (χ4n) is 4.52. The van der Waals surface area contributed by atoms with E-state index in [4.69, 9.17) is 4.98 Å². The van der Waals surface area contributed by atoms with Crippen molar-refractivity contribution in [2.45, 2.75) is 58.0 Å². The quantitative estimate of drug-likeness (QED) is 0.834. The molecule has 6 heteroatoms. The number of aromatic nitrogens is 2. The van der Waals surface area contributed by atoms with Gasteiger partial charge in [-0.2, -0.15) is 0 Å². The lowest BCUT2D eigenvalue weighted by Crippen LogP contribution is -2.43. The number of carbonyl (C=O) groups is 2. The van der Waals surface area contributed by atoms with Gasteiger partial charge in [-0.05, 0) is 45.2 Å². The van der Waals surface area contributed by atoms with Gasteiger partial charge < -0.3 is 14.4 Å². The second kappa shape index (κ2) is 7.33. The zero-order chi connectivity index (χ0) is 19.0. The molecule has 3 heterocycles. The lowest BCUT2D eigenvalue weighted by atomic mass is 10.0. The SMILES string of the molecule is CCN1CC(c2nc3ccccc3n2CC(=O)N2CCCCC2C)CC1=O. The fraction of sp³-hybridized carbons (Fsp3) is 0.571. The summed E-state index contributed by atoms with van der Waals surface area (Å²) in [6, 6.07) is 8.25. The molecule has 2 amide bonds. The molecule has 2 aliphatic rings. The van der Waals surface area contributed by atoms with E-state index in [0.29, 0.717) is 25.6 Å². The smallest absolute Gasteiger partial charge is 0.242 e. The van der Waals surface area contributed by atoms with Crippen molar-refractivity contribution >= 4 is 22.8 Å². The number of piperidine rings is 1. The Morgan fingerprint density at radius 2 is 2.07 bits per heavy atom. The molecule has 4 rings (SSSR count). The van der Waals surface area contributed by atoms with Crippen molar-refractivity contribution in [1.82, 2.24) is 19.4 Å². The van der Waals surface area contributed by atoms with Crippen LogP contribution in [0.2, 0.25) is 0 Å². The van der Waals surface area contributed by atoms with Crippen LogP contribution in [0.1, 0.15) is 51.3 Å². The number of imidazole rings is 1. The number of fused-ring (bicyclic) bond motifs is 1. The Balaban J connectivity index is 1.66. The average Bonchev–Trinajstić information content (AvgIpc) is 3.22. The van der Waals surface area contributed by atoms with E-state index < -0.39 is 0 Å². The third kappa shape index (κ3) is 3.33. The number of benzene rings is 1. The number of carbonyl (C=O) groups excluding carboxylic acids is 2. The summed E-state index contributed by atoms with van der Waals surface area (Å²) in [6.07, 6.45) is 3.83. The molecule has 0 spiro atoms. The summed E-state index contributed by atoms with van der Waals surface area (Å²) in [5.41, 5.74) is 1.88. The van der Waals surface area contributed by atoms with E-state index in [0.717, 1.165) is 42.8 Å². The maximum atomic E-state index is 13.1. The third-order valence-corrected chi connectivity index (χ3v) is 6.06. The van der Waals surface area contributed by atoms with Gasteiger partial charge >= 0.3 is 0 Å². The molecule has 2 atom stereocenters. The molecule has 1 aromatic carbocycles. The first-order chi connectivity index (χ1) is 13.1. The number of rotatable bonds is 4. The third-order valence-electron chi connectivity index (χ3n) is 6.06. The topological polar surface area (TPSA) is 58.4 Å². The van der Waals surface area contributed by atoms with Crippen molar-refractivity contribution in [2.75, 3.05) is 19.6 Å². The number of amides is 2. The molecule has 2 saturated heterocycles. The van der Waals surface area contributed by atoms with Crippen molar-refractivity contribution in [2.24, 2.45) is 0 Å². The van der Waals surface area contributed by atoms with E-state index in [-0.39, 0.29) is 17.7 Å². The average molecular weight is 368 g/mol. The minimum atomic E-state index is 0.0522. The zero-order valence-corrected chi connectivity index (χ0v) is 16.2. The molecule has 6 nitrogen and oxygen atoms in total. The molecule has 0 radical (unpaired) electrons. The summed E-state index contributed by atoms with van der Waals surface area (Å²) in [4.78, 5) is 34.0. The summed E-state index contributed by atoms with van der Waals surface area (Å²) in [5.74, 6) is 1.26. The monoisotopic (exact) mass is 368 g/mol. The second-order valence-corrected chi connectivity index (χ2v) is 7.81. The van der Waals surface area contributed by atoms with Crippen LogP contribution in [-0.4, -0.2) is 56.8 Å². The normalized spacial score (nSPS) is 23.4. The minimum absolute atomic E-state index is 0.0522. The molecule has 1 aromatic heterocycles. The molecule has 0 saturated carbocycles. The summed E-state index contributed by atoms with van der Waals surface area (Å²) in [7, 11) is 0. The Hall–Kier alpha value is -2.37. The Bertz CT molecular complexity index is 859. The molecule has 2 fully saturated rings. The van der Waals surface area contributed by atoms with Gasteiger partial charge in [0.05, 0.1) is 11.0 Å². The van der Waals surface area contributed by atoms with Crippen LogP contribution in [0.5, 0.6) is 0 Å². The van der Waals surface area contributed by atoms with Crippen LogP contribution < -0.4 is 0 Å². The molecular weight excluding hydrogens is 340 g/mol. The summed E-state index contributed by atoms with van der Waals surface area (Å²) in [5, 5.41) is 0. The van der Waals surface area contributed by atoms with Crippen LogP contribution in [0.3, 0.4) is 0 Å². The van der Waals surface area contributed by atoms with Crippen molar-refractivity contribution in [1.29, 1.82) is 0 Å². The number of para-hydroxylation sites is 2. The van der Waals surface area contributed by atoms with Gasteiger partial charge in [0.1, 0.15) is 12.4 Å². The lowest BCUT2D eigenvalue weighted by Gasteiger charge is -2.33. The predicted octanol–water partition coefficient (Wildman–Crippen LogP) is 2.77. The highest BCUT2D eigenvalue weighted by Crippen LogP contribution is 2.30. The van der Waals surface area contributed by atoms with Crippen LogP contribution in [0.15, 0.2) is 24.3 Å². The lowest BCUT2D eigenvalue weighted by molar-refractivity contribution is -0.135. The molecule has 144 valence electrons. The van der Waals surface area contributed by atoms with Crippen molar-refractivity contribution in [3.63, 3.8) is 0 Å². The largest absolute Gasteiger partial charge is 0.342 e. The van der Waals surface area contributed by atoms with Crippen molar-refractivity contribution in [3.05, 3.63) is 30.1 Å². The van der Waals surface area contributed by atoms with Gasteiger partial charge in [0.15, 0.2) is 0 Å². The number of nitrogens with zero attached hydrogens (tertiary/aromatic N) is 4. The van der Waals surface area contributed by atoms with Crippen molar-refractivity contribution in [3.8, 4) is 0 Å². The maximum absolute atomic E-state index is 13.1. The Morgan fingerprint density at radius 1 is 1.26 bits per heavy atom. The van der Waals surface area contributed by atoms with Gasteiger partial charge in [-0.25, -0.2) is 4.98 Å². The maximum Gasteiger partial charge on any atom is 0.242 e. The van der Waals surface area contributed by atoms with Gasteiger partial charge in [-0.1, -0.05) is 12.1 Å². The highest BCUT2D eigenvalue weighted by atomic mass is 16.2. The van der Waals surface area contributed by atoms with Crippen LogP contribution in [-0.2, 0) is 16.1 Å². The summed E-state index contributed by atoms with van der Waals surface area (Å²) < 4.78 is 2.05. The van der Waals surface area contributed by atoms with E-state index in [1.165, 1.54) is 6.42 Å². The Kier molecular flexibility index (Phi) is 4.89. The molecule has 0 aliphatic carbocycles. The molecule has 27 heavy (non-hydrogen) atoms. The van der Waals surface area contributed by atoms with Crippen LogP contribution in [0.25, 0.3) is 11.0 Å². The van der Waals surface area contributed by atoms with Gasteiger partial charge in [0.25, 0.3) is 0 Å². The minimum Gasteiger partial charge on any atom is -0.342 e. The standard InChI is InChI=1S/C21H28N4O2/c1-3-23-13-16(12-19(23)26)21-22-17-9-4-5-10-18(17)25(21)14-20(27)24-11-7-6-8-15(24)2/h4-5,9-10,15-16H,3,6-8,11-14H2,1-2H3. The van der Waals surface area contributed by atoms with Gasteiger partial charge in [0, 0.05) is 38.0 Å². The Morgan fingerprint density at radius 3 is 2.81 bits per heavy atom. The summed E-state index contributed by atoms with van der Waals surface area (Å²) >= 11 is 0. The number of likely N-dealkylation sites (tertiary alicyclic amines) is 2. The number of hydrogen-bond acceptors (Lipinski definition) is 3. The second-order valence-electron chi connectivity index (χ2n) is 7.81. The molecule has 2 aromatic rings. The van der Waals surface area contributed by atoms with E-state index >= 15 is 0 Å². The van der Waals surface area contributed by atoms with E-state index in [9.17, 15) is 9.59 Å². The predicted molar refractivity (Wildman–Crippen MR) is 104 cm³/mol. The fourth-order valence-corrected chi connectivity index (χ4v) is 4.52. The first-order valence-electron chi connectivity index (χ1n) is 10.1. The van der Waals surface area contributed by atoms with Gasteiger partial charge in [-0.3, -0.25) is 9.59 Å². The zero-order valence-electron chi connectivity index (χ0n) is 16.2. The molecule has 0 N–H and O–H groups in total. The summed E-state index contributed by atoms with van der Waals surface area (Å²) in [6.45, 7) is 6.69. The first-order valence-corrected chi connectivity index (χ1v) is 10.1. The molecule has 0 bridgehead atoms. The van der Waals surface area contributed by atoms with Crippen LogP contribution >= 0.6 is 0 Å². The number of hydrogen-bond donors (Lipinski definition) is 0. The van der Waals surface area contributed by atoms with Gasteiger partial charge in [0.2, 0.25) is 11.8 Å². The molecular formula is C21H28N4O2. The van der Waals surface area contributed by atoms with E-state index in [1.807, 2.05) is 41.0 Å². The molecule has 2 unspecified atom stereocenters. The highest BCUT2D eigenvalue weighted by molar-refractivity contribution is 5.83. The Labute approximate surface area is 160 Å². The van der Waals surface area contributed by atoms with E-state index in [2.05, 4.69) is 11.5 Å². The van der Waals surface area contributed by atoms with Crippen LogP contribution in [0, 0.1) is 0 Å². The van der Waals surface area contributed by atoms with Crippen LogP contribution in [0.4, 0.5) is 0 Å². The van der Waals surface area contributed by atoms with Crippen molar-refractivity contribution < 1.29 is 9.59 Å². The van der Waals surface area contributed by atoms with E-state index in [1.54, 1.807) is 0 Å². The molecule has 2 aliphatic heterocycles. The van der Waals surface area contributed by atoms with Gasteiger partial charge in [-0.15, -0.1) is 0 Å². The number of likely N-dealkylation sites (N-methyl/N-ethyl adjacent to an activating group) is 1. The highest BCUT2D eigenvalue weighted by Gasteiger charge is 2.34. The first kappa shape index (κ1) is 18.0.